The SMILES string of the molecule is COc1cc(/C=N/Nc2ccc([N+](=O)[O-])cc2)cc(I)c1OCc1ccc(C(=O)O)cc1. The van der Waals surface area contributed by atoms with Gasteiger partial charge >= 0.3 is 5.97 Å². The van der Waals surface area contributed by atoms with Gasteiger partial charge in [-0.05, 0) is 70.1 Å². The Morgan fingerprint density at radius 3 is 2.47 bits per heavy atom. The maximum atomic E-state index is 11.0. The van der Waals surface area contributed by atoms with E-state index in [9.17, 15) is 14.9 Å². The number of hydrogen-bond acceptors (Lipinski definition) is 7. The number of nitrogens with one attached hydrogen (secondary N) is 1. The smallest absolute Gasteiger partial charge is 0.335 e. The molecule has 0 spiro atoms. The van der Waals surface area contributed by atoms with Crippen LogP contribution in [0.4, 0.5) is 11.4 Å². The molecule has 0 saturated carbocycles. The Labute approximate surface area is 197 Å². The third kappa shape index (κ3) is 5.94. The second-order valence-electron chi connectivity index (χ2n) is 6.50. The van der Waals surface area contributed by atoms with Gasteiger partial charge in [-0.2, -0.15) is 5.10 Å². The minimum absolute atomic E-state index is 0.00670. The summed E-state index contributed by atoms with van der Waals surface area (Å²) in [5.41, 5.74) is 5.24. The molecule has 2 N–H and O–H groups in total. The number of non-ortho nitro benzene ring substituents is 1. The Kier molecular flexibility index (Phi) is 7.60. The fraction of sp³-hybridized carbons (Fsp3) is 0.0909. The number of nitrogens with zero attached hydrogens (tertiary/aromatic N) is 2. The number of ether oxygens (including phenoxy) is 2. The minimum atomic E-state index is -0.978. The molecule has 0 aliphatic carbocycles. The van der Waals surface area contributed by atoms with Crippen LogP contribution in [-0.4, -0.2) is 29.3 Å². The number of halogens is 1. The summed E-state index contributed by atoms with van der Waals surface area (Å²) in [5, 5.41) is 23.8. The van der Waals surface area contributed by atoms with Gasteiger partial charge < -0.3 is 14.6 Å². The lowest BCUT2D eigenvalue weighted by Gasteiger charge is -2.13. The molecule has 0 saturated heterocycles. The molecule has 0 aliphatic rings. The van der Waals surface area contributed by atoms with Crippen molar-refractivity contribution in [2.24, 2.45) is 5.10 Å². The third-order valence-corrected chi connectivity index (χ3v) is 5.12. The number of hydrogen-bond donors (Lipinski definition) is 2. The average Bonchev–Trinajstić information content (AvgIpc) is 2.78. The number of aromatic carboxylic acids is 1. The highest BCUT2D eigenvalue weighted by molar-refractivity contribution is 14.1. The number of carbonyl (C=O) groups is 1. The normalized spacial score (nSPS) is 10.7. The van der Waals surface area contributed by atoms with Gasteiger partial charge in [-0.3, -0.25) is 15.5 Å². The molecule has 3 rings (SSSR count). The number of rotatable bonds is 9. The van der Waals surface area contributed by atoms with Crippen molar-refractivity contribution in [3.63, 3.8) is 0 Å². The highest BCUT2D eigenvalue weighted by Gasteiger charge is 2.12. The number of nitro groups is 1. The molecule has 0 radical (unpaired) electrons. The van der Waals surface area contributed by atoms with Gasteiger partial charge in [0.25, 0.3) is 5.69 Å². The lowest BCUT2D eigenvalue weighted by Crippen LogP contribution is -2.02. The first-order valence-corrected chi connectivity index (χ1v) is 10.3. The molecule has 9 nitrogen and oxygen atoms in total. The van der Waals surface area contributed by atoms with Gasteiger partial charge in [-0.15, -0.1) is 0 Å². The standard InChI is InChI=1S/C22H18IN3O6/c1-31-20-11-15(12-24-25-17-6-8-18(9-7-17)26(29)30)10-19(23)21(20)32-13-14-2-4-16(5-3-14)22(27)28/h2-12,25H,13H2,1H3,(H,27,28)/b24-12+. The van der Waals surface area contributed by atoms with Crippen LogP contribution in [0.15, 0.2) is 65.8 Å². The number of hydrazone groups is 1. The van der Waals surface area contributed by atoms with E-state index in [0.717, 1.165) is 14.7 Å². The first kappa shape index (κ1) is 23.0. The summed E-state index contributed by atoms with van der Waals surface area (Å²) in [4.78, 5) is 21.2. The maximum absolute atomic E-state index is 11.0. The molecule has 10 heteroatoms. The summed E-state index contributed by atoms with van der Waals surface area (Å²) in [5.74, 6) is 0.112. The molecule has 0 heterocycles. The van der Waals surface area contributed by atoms with Gasteiger partial charge in [0, 0.05) is 12.1 Å². The van der Waals surface area contributed by atoms with Crippen molar-refractivity contribution < 1.29 is 24.3 Å². The number of carboxylic acids is 1. The molecular formula is C22H18IN3O6. The van der Waals surface area contributed by atoms with E-state index in [4.69, 9.17) is 14.6 Å². The molecule has 3 aromatic rings. The maximum Gasteiger partial charge on any atom is 0.335 e. The van der Waals surface area contributed by atoms with E-state index in [2.05, 4.69) is 33.1 Å². The second-order valence-corrected chi connectivity index (χ2v) is 7.66. The van der Waals surface area contributed by atoms with Crippen LogP contribution >= 0.6 is 22.6 Å². The third-order valence-electron chi connectivity index (χ3n) is 4.32. The predicted molar refractivity (Wildman–Crippen MR) is 128 cm³/mol. The van der Waals surface area contributed by atoms with Crippen LogP contribution < -0.4 is 14.9 Å². The topological polar surface area (TPSA) is 123 Å². The van der Waals surface area contributed by atoms with Crippen LogP contribution in [0.3, 0.4) is 0 Å². The molecule has 0 aliphatic heterocycles. The Hall–Kier alpha value is -3.67. The fourth-order valence-corrected chi connectivity index (χ4v) is 3.47. The molecular weight excluding hydrogens is 529 g/mol. The first-order valence-electron chi connectivity index (χ1n) is 9.23. The van der Waals surface area contributed by atoms with Crippen molar-refractivity contribution in [2.45, 2.75) is 6.61 Å². The molecule has 0 fully saturated rings. The van der Waals surface area contributed by atoms with E-state index in [0.29, 0.717) is 17.2 Å². The summed E-state index contributed by atoms with van der Waals surface area (Å²) in [6.45, 7) is 0.251. The molecule has 164 valence electrons. The van der Waals surface area contributed by atoms with Crippen molar-refractivity contribution in [3.05, 3.63) is 91.0 Å². The Morgan fingerprint density at radius 2 is 1.88 bits per heavy atom. The highest BCUT2D eigenvalue weighted by atomic mass is 127. The van der Waals surface area contributed by atoms with Crippen LogP contribution in [0.1, 0.15) is 21.5 Å². The van der Waals surface area contributed by atoms with Crippen molar-refractivity contribution >= 4 is 46.1 Å². The zero-order valence-corrected chi connectivity index (χ0v) is 19.0. The average molecular weight is 547 g/mol. The number of carboxylic acid groups (broad SMARTS) is 1. The number of nitro benzene ring substituents is 1. The number of methoxy groups -OCH3 is 1. The van der Waals surface area contributed by atoms with Gasteiger partial charge in [-0.25, -0.2) is 4.79 Å². The number of benzene rings is 3. The van der Waals surface area contributed by atoms with Gasteiger partial charge in [0.05, 0.1) is 33.1 Å². The van der Waals surface area contributed by atoms with Gasteiger partial charge in [0.2, 0.25) is 0 Å². The van der Waals surface area contributed by atoms with E-state index in [1.807, 2.05) is 6.07 Å². The van der Waals surface area contributed by atoms with E-state index in [1.54, 1.807) is 36.5 Å². The summed E-state index contributed by atoms with van der Waals surface area (Å²) in [6.07, 6.45) is 1.60. The Bertz CT molecular complexity index is 1150. The van der Waals surface area contributed by atoms with Crippen LogP contribution in [0.2, 0.25) is 0 Å². The molecule has 0 amide bonds. The van der Waals surface area contributed by atoms with E-state index in [-0.39, 0.29) is 17.9 Å². The number of anilines is 1. The summed E-state index contributed by atoms with van der Waals surface area (Å²) in [7, 11) is 1.54. The zero-order valence-electron chi connectivity index (χ0n) is 16.8. The molecule has 0 bridgehead atoms. The highest BCUT2D eigenvalue weighted by Crippen LogP contribution is 2.34. The Morgan fingerprint density at radius 1 is 1.19 bits per heavy atom. The largest absolute Gasteiger partial charge is 0.493 e. The van der Waals surface area contributed by atoms with E-state index < -0.39 is 10.9 Å². The van der Waals surface area contributed by atoms with E-state index >= 15 is 0 Å². The van der Waals surface area contributed by atoms with Crippen LogP contribution in [0, 0.1) is 13.7 Å². The van der Waals surface area contributed by atoms with Gasteiger partial charge in [0.15, 0.2) is 11.5 Å². The van der Waals surface area contributed by atoms with E-state index in [1.165, 1.54) is 31.4 Å². The molecule has 0 aromatic heterocycles. The van der Waals surface area contributed by atoms with Crippen molar-refractivity contribution in [2.75, 3.05) is 12.5 Å². The fourth-order valence-electron chi connectivity index (χ4n) is 2.69. The summed E-state index contributed by atoms with van der Waals surface area (Å²) >= 11 is 2.14. The summed E-state index contributed by atoms with van der Waals surface area (Å²) in [6, 6.07) is 16.0. The minimum Gasteiger partial charge on any atom is -0.493 e. The van der Waals surface area contributed by atoms with Crippen LogP contribution in [0.5, 0.6) is 11.5 Å². The first-order chi connectivity index (χ1) is 15.4. The van der Waals surface area contributed by atoms with Crippen molar-refractivity contribution in [3.8, 4) is 11.5 Å². The molecule has 0 atom stereocenters. The molecule has 3 aromatic carbocycles. The lowest BCUT2D eigenvalue weighted by atomic mass is 10.1. The van der Waals surface area contributed by atoms with Gasteiger partial charge in [-0.1, -0.05) is 12.1 Å². The van der Waals surface area contributed by atoms with Crippen LogP contribution in [-0.2, 0) is 6.61 Å². The quantitative estimate of drug-likeness (QED) is 0.169. The lowest BCUT2D eigenvalue weighted by molar-refractivity contribution is -0.384. The van der Waals surface area contributed by atoms with Crippen molar-refractivity contribution in [1.82, 2.24) is 0 Å². The Balaban J connectivity index is 1.67. The van der Waals surface area contributed by atoms with Crippen molar-refractivity contribution in [1.29, 1.82) is 0 Å². The molecule has 0 unspecified atom stereocenters. The molecule has 32 heavy (non-hydrogen) atoms. The predicted octanol–water partition coefficient (Wildman–Crippen LogP) is 4.93. The van der Waals surface area contributed by atoms with Crippen LogP contribution in [0.25, 0.3) is 0 Å². The second kappa shape index (κ2) is 10.6. The zero-order chi connectivity index (χ0) is 23.1. The van der Waals surface area contributed by atoms with Gasteiger partial charge in [0.1, 0.15) is 6.61 Å². The monoisotopic (exact) mass is 547 g/mol. The summed E-state index contributed by atoms with van der Waals surface area (Å²) < 4.78 is 12.2.